The summed E-state index contributed by atoms with van der Waals surface area (Å²) in [6, 6.07) is 22.1. The summed E-state index contributed by atoms with van der Waals surface area (Å²) in [6.45, 7) is 0.184. The number of nitrogens with zero attached hydrogens (tertiary/aromatic N) is 2. The Bertz CT molecular complexity index is 1280. The lowest BCUT2D eigenvalue weighted by Crippen LogP contribution is -2.22. The van der Waals surface area contributed by atoms with Gasteiger partial charge in [0.25, 0.3) is 5.91 Å². The third kappa shape index (κ3) is 4.33. The number of aromatic nitrogens is 2. The predicted molar refractivity (Wildman–Crippen MR) is 116 cm³/mol. The van der Waals surface area contributed by atoms with Crippen molar-refractivity contribution in [2.45, 2.75) is 10.8 Å². The molecule has 0 saturated heterocycles. The second-order valence-electron chi connectivity index (χ2n) is 6.49. The molecule has 0 fully saturated rings. The first kappa shape index (κ1) is 20.0. The summed E-state index contributed by atoms with van der Waals surface area (Å²) in [7, 11) is -3.75. The average Bonchev–Trinajstić information content (AvgIpc) is 3.41. The Labute approximate surface area is 177 Å². The smallest absolute Gasteiger partial charge is 0.255 e. The number of rotatable bonds is 6. The van der Waals surface area contributed by atoms with E-state index in [1.54, 1.807) is 16.9 Å². The third-order valence-electron chi connectivity index (χ3n) is 4.37. The van der Waals surface area contributed by atoms with E-state index in [1.807, 2.05) is 60.7 Å². The van der Waals surface area contributed by atoms with Crippen LogP contribution in [0.2, 0.25) is 0 Å². The number of carbonyl (C=O) groups excluding carboxylic acids is 1. The van der Waals surface area contributed by atoms with Crippen molar-refractivity contribution >= 4 is 27.3 Å². The lowest BCUT2D eigenvalue weighted by molar-refractivity contribution is 0.0952. The molecule has 4 rings (SSSR count). The highest BCUT2D eigenvalue weighted by atomic mass is 32.2. The first-order valence-electron chi connectivity index (χ1n) is 9.02. The minimum absolute atomic E-state index is 0.0635. The van der Waals surface area contributed by atoms with Crippen LogP contribution in [0.15, 0.2) is 83.2 Å². The van der Waals surface area contributed by atoms with Crippen molar-refractivity contribution in [1.82, 2.24) is 15.1 Å². The summed E-state index contributed by atoms with van der Waals surface area (Å²) in [6.07, 6.45) is 1.69. The molecule has 4 aromatic rings. The van der Waals surface area contributed by atoms with E-state index < -0.39 is 10.0 Å². The van der Waals surface area contributed by atoms with Crippen LogP contribution >= 0.6 is 11.3 Å². The minimum Gasteiger partial charge on any atom is -0.347 e. The molecule has 0 unspecified atom stereocenters. The molecule has 0 bridgehead atoms. The summed E-state index contributed by atoms with van der Waals surface area (Å²) < 4.78 is 24.6. The zero-order valence-electron chi connectivity index (χ0n) is 15.7. The lowest BCUT2D eigenvalue weighted by Gasteiger charge is -2.04. The minimum atomic E-state index is -3.75. The topological polar surface area (TPSA) is 107 Å². The molecule has 0 aliphatic carbocycles. The Balaban J connectivity index is 1.62. The first-order valence-corrected chi connectivity index (χ1v) is 11.4. The number of para-hydroxylation sites is 1. The summed E-state index contributed by atoms with van der Waals surface area (Å²) in [4.78, 5) is 13.6. The number of hydrogen-bond donors (Lipinski definition) is 2. The van der Waals surface area contributed by atoms with E-state index in [4.69, 9.17) is 5.14 Å². The van der Waals surface area contributed by atoms with Gasteiger partial charge in [0.2, 0.25) is 10.0 Å². The van der Waals surface area contributed by atoms with E-state index in [0.29, 0.717) is 16.1 Å². The van der Waals surface area contributed by atoms with Gasteiger partial charge in [-0.15, -0.1) is 11.3 Å². The van der Waals surface area contributed by atoms with Crippen LogP contribution < -0.4 is 10.5 Å². The van der Waals surface area contributed by atoms with E-state index in [1.165, 1.54) is 6.07 Å². The van der Waals surface area contributed by atoms with Crippen molar-refractivity contribution in [3.05, 3.63) is 89.4 Å². The van der Waals surface area contributed by atoms with Crippen molar-refractivity contribution < 1.29 is 13.2 Å². The monoisotopic (exact) mass is 438 g/mol. The predicted octanol–water partition coefficient (Wildman–Crippen LogP) is 3.18. The quantitative estimate of drug-likeness (QED) is 0.482. The highest BCUT2D eigenvalue weighted by molar-refractivity contribution is 7.91. The molecule has 0 spiro atoms. The van der Waals surface area contributed by atoms with E-state index in [2.05, 4.69) is 10.4 Å². The lowest BCUT2D eigenvalue weighted by atomic mass is 10.1. The fourth-order valence-corrected chi connectivity index (χ4v) is 4.65. The van der Waals surface area contributed by atoms with E-state index in [9.17, 15) is 13.2 Å². The summed E-state index contributed by atoms with van der Waals surface area (Å²) >= 11 is 1.03. The maximum atomic E-state index is 13.0. The number of hydrogen-bond acceptors (Lipinski definition) is 5. The van der Waals surface area contributed by atoms with E-state index in [0.717, 1.165) is 22.6 Å². The summed E-state index contributed by atoms with van der Waals surface area (Å²) in [5, 5.41) is 12.6. The van der Waals surface area contributed by atoms with Gasteiger partial charge in [-0.3, -0.25) is 4.79 Å². The molecule has 30 heavy (non-hydrogen) atoms. The van der Waals surface area contributed by atoms with Gasteiger partial charge >= 0.3 is 0 Å². The van der Waals surface area contributed by atoms with Crippen LogP contribution in [0.4, 0.5) is 0 Å². The second kappa shape index (κ2) is 8.23. The molecule has 2 aromatic carbocycles. The number of nitrogens with one attached hydrogen (secondary N) is 1. The second-order valence-corrected chi connectivity index (χ2v) is 9.44. The highest BCUT2D eigenvalue weighted by Gasteiger charge is 2.19. The molecule has 152 valence electrons. The zero-order valence-corrected chi connectivity index (χ0v) is 17.4. The molecule has 7 nitrogen and oxygen atoms in total. The molecule has 0 aliphatic heterocycles. The molecular weight excluding hydrogens is 420 g/mol. The number of nitrogens with two attached hydrogens (primary N) is 1. The molecule has 0 aliphatic rings. The number of thiophene rings is 1. The molecule has 3 N–H and O–H groups in total. The number of amides is 1. The largest absolute Gasteiger partial charge is 0.347 e. The van der Waals surface area contributed by atoms with Crippen LogP contribution in [-0.2, 0) is 16.6 Å². The standard InChI is InChI=1S/C21H18N4O3S2/c22-30(27,28)19-12-11-17(29-19)13-23-21(26)18-14-25(16-9-5-2-6-10-16)24-20(18)15-7-3-1-4-8-15/h1-12,14H,13H2,(H,23,26)(H2,22,27,28). The van der Waals surface area contributed by atoms with Gasteiger partial charge in [-0.05, 0) is 24.3 Å². The van der Waals surface area contributed by atoms with Crippen molar-refractivity contribution in [3.63, 3.8) is 0 Å². The van der Waals surface area contributed by atoms with Gasteiger partial charge in [-0.2, -0.15) is 5.10 Å². The third-order valence-corrected chi connectivity index (χ3v) is 6.89. The van der Waals surface area contributed by atoms with Gasteiger partial charge in [-0.1, -0.05) is 48.5 Å². The van der Waals surface area contributed by atoms with Crippen LogP contribution in [-0.4, -0.2) is 24.1 Å². The van der Waals surface area contributed by atoms with Gasteiger partial charge in [0.1, 0.15) is 9.90 Å². The number of sulfonamides is 1. The molecule has 0 saturated carbocycles. The number of carbonyl (C=O) groups is 1. The molecule has 9 heteroatoms. The summed E-state index contributed by atoms with van der Waals surface area (Å²) in [5.74, 6) is -0.304. The Morgan fingerprint density at radius 1 is 1.00 bits per heavy atom. The fourth-order valence-electron chi connectivity index (χ4n) is 2.93. The maximum absolute atomic E-state index is 13.0. The van der Waals surface area contributed by atoms with Crippen LogP contribution in [0.3, 0.4) is 0 Å². The van der Waals surface area contributed by atoms with Crippen molar-refractivity contribution in [1.29, 1.82) is 0 Å². The average molecular weight is 439 g/mol. The van der Waals surface area contributed by atoms with Crippen LogP contribution in [0.25, 0.3) is 16.9 Å². The molecule has 1 amide bonds. The Hall–Kier alpha value is -3.27. The van der Waals surface area contributed by atoms with Gasteiger partial charge < -0.3 is 5.32 Å². The zero-order chi connectivity index (χ0) is 21.1. The van der Waals surface area contributed by atoms with E-state index >= 15 is 0 Å². The number of primary sulfonamides is 1. The van der Waals surface area contributed by atoms with Crippen LogP contribution in [0.1, 0.15) is 15.2 Å². The maximum Gasteiger partial charge on any atom is 0.255 e. The van der Waals surface area contributed by atoms with Gasteiger partial charge in [0, 0.05) is 16.6 Å². The van der Waals surface area contributed by atoms with Gasteiger partial charge in [0.05, 0.1) is 17.8 Å². The highest BCUT2D eigenvalue weighted by Crippen LogP contribution is 2.24. The van der Waals surface area contributed by atoms with E-state index in [-0.39, 0.29) is 16.7 Å². The Morgan fingerprint density at radius 3 is 2.30 bits per heavy atom. The van der Waals surface area contributed by atoms with Crippen molar-refractivity contribution in [3.8, 4) is 16.9 Å². The Morgan fingerprint density at radius 2 is 1.67 bits per heavy atom. The van der Waals surface area contributed by atoms with Crippen molar-refractivity contribution in [2.75, 3.05) is 0 Å². The van der Waals surface area contributed by atoms with Crippen LogP contribution in [0.5, 0.6) is 0 Å². The van der Waals surface area contributed by atoms with Crippen LogP contribution in [0, 0.1) is 0 Å². The molecular formula is C21H18N4O3S2. The SMILES string of the molecule is NS(=O)(=O)c1ccc(CNC(=O)c2cn(-c3ccccc3)nc2-c2ccccc2)s1. The molecule has 0 atom stereocenters. The van der Waals surface area contributed by atoms with Gasteiger partial charge in [-0.25, -0.2) is 18.2 Å². The fraction of sp³-hybridized carbons (Fsp3) is 0.0476. The number of benzene rings is 2. The summed E-state index contributed by atoms with van der Waals surface area (Å²) in [5.41, 5.74) is 2.65. The molecule has 0 radical (unpaired) electrons. The van der Waals surface area contributed by atoms with Gasteiger partial charge in [0.15, 0.2) is 0 Å². The Kier molecular flexibility index (Phi) is 5.49. The first-order chi connectivity index (χ1) is 14.4. The molecule has 2 aromatic heterocycles. The van der Waals surface area contributed by atoms with Crippen molar-refractivity contribution in [2.24, 2.45) is 5.14 Å². The normalized spacial score (nSPS) is 11.4. The molecule has 2 heterocycles.